The number of rotatable bonds is 8. The highest BCUT2D eigenvalue weighted by atomic mass is 35.5. The van der Waals surface area contributed by atoms with Crippen molar-refractivity contribution in [3.05, 3.63) is 53.4 Å². The van der Waals surface area contributed by atoms with Crippen LogP contribution in [0.2, 0.25) is 5.02 Å². The van der Waals surface area contributed by atoms with E-state index in [9.17, 15) is 18.0 Å². The first-order valence-corrected chi connectivity index (χ1v) is 10.4. The zero-order valence-electron chi connectivity index (χ0n) is 14.8. The number of furan rings is 1. The van der Waals surface area contributed by atoms with Crippen molar-refractivity contribution in [3.63, 3.8) is 0 Å². The molecule has 0 unspecified atom stereocenters. The molecule has 27 heavy (non-hydrogen) atoms. The lowest BCUT2D eigenvalue weighted by Crippen LogP contribution is -2.42. The van der Waals surface area contributed by atoms with Crippen LogP contribution in [0.3, 0.4) is 0 Å². The molecule has 2 rings (SSSR count). The van der Waals surface area contributed by atoms with Crippen LogP contribution in [-0.2, 0) is 19.4 Å². The van der Waals surface area contributed by atoms with Crippen LogP contribution in [0.4, 0.5) is 0 Å². The highest BCUT2D eigenvalue weighted by Crippen LogP contribution is 2.29. The molecule has 0 aliphatic heterocycles. The van der Waals surface area contributed by atoms with Crippen molar-refractivity contribution in [2.45, 2.75) is 29.9 Å². The van der Waals surface area contributed by atoms with E-state index in [4.69, 9.17) is 16.0 Å². The maximum atomic E-state index is 13.0. The normalized spacial score (nSPS) is 12.4. The first kappa shape index (κ1) is 21.0. The minimum Gasteiger partial charge on any atom is -0.468 e. The third-order valence-corrected chi connectivity index (χ3v) is 6.18. The number of hydrogen-bond acceptors (Lipinski definition) is 5. The van der Waals surface area contributed by atoms with Gasteiger partial charge >= 0.3 is 11.8 Å². The van der Waals surface area contributed by atoms with Crippen molar-refractivity contribution in [1.82, 2.24) is 10.6 Å². The number of hydrogen-bond donors (Lipinski definition) is 2. The first-order valence-electron chi connectivity index (χ1n) is 8.45. The third-order valence-electron chi connectivity index (χ3n) is 3.85. The number of amides is 2. The van der Waals surface area contributed by atoms with Crippen LogP contribution in [0, 0.1) is 0 Å². The quantitative estimate of drug-likeness (QED) is 0.511. The number of nitrogens with one attached hydrogen (secondary N) is 2. The van der Waals surface area contributed by atoms with Gasteiger partial charge in [-0.05, 0) is 42.8 Å². The molecule has 1 atom stereocenters. The molecule has 1 heterocycles. The topological polar surface area (TPSA) is 105 Å². The molecular weight excluding hydrogens is 392 g/mol. The van der Waals surface area contributed by atoms with E-state index in [1.54, 1.807) is 6.07 Å². The summed E-state index contributed by atoms with van der Waals surface area (Å²) in [5, 5.41) is 4.07. The Morgan fingerprint density at radius 3 is 2.37 bits per heavy atom. The van der Waals surface area contributed by atoms with E-state index in [0.29, 0.717) is 11.6 Å². The van der Waals surface area contributed by atoms with Gasteiger partial charge in [0.05, 0.1) is 11.2 Å². The molecule has 0 radical (unpaired) electrons. The number of carbonyl (C=O) groups excluding carboxylic acids is 2. The Morgan fingerprint density at radius 2 is 1.78 bits per heavy atom. The minimum absolute atomic E-state index is 0.0370. The second-order valence-corrected chi connectivity index (χ2v) is 8.39. The Morgan fingerprint density at radius 1 is 1.11 bits per heavy atom. The van der Waals surface area contributed by atoms with E-state index in [2.05, 4.69) is 10.6 Å². The molecule has 7 nitrogen and oxygen atoms in total. The lowest BCUT2D eigenvalue weighted by atomic mass is 10.3. The van der Waals surface area contributed by atoms with Crippen LogP contribution in [-0.4, -0.2) is 33.3 Å². The zero-order valence-corrected chi connectivity index (χ0v) is 16.3. The number of halogens is 1. The Bertz CT molecular complexity index is 864. The van der Waals surface area contributed by atoms with Crippen LogP contribution in [0.25, 0.3) is 0 Å². The monoisotopic (exact) mass is 412 g/mol. The molecule has 0 saturated heterocycles. The van der Waals surface area contributed by atoms with E-state index >= 15 is 0 Å². The van der Waals surface area contributed by atoms with Crippen LogP contribution in [0.1, 0.15) is 30.8 Å². The largest absolute Gasteiger partial charge is 0.468 e. The standard InChI is InChI=1S/C18H21ClN2O5S/c1-2-3-10-20-17(22)18(23)21-12-16(15-5-4-11-26-15)27(24,25)14-8-6-13(19)7-9-14/h4-9,11,16H,2-3,10,12H2,1H3,(H,20,22)(H,21,23)/t16-/m1/s1. The average Bonchev–Trinajstić information content (AvgIpc) is 3.16. The smallest absolute Gasteiger partial charge is 0.309 e. The van der Waals surface area contributed by atoms with Gasteiger partial charge < -0.3 is 15.1 Å². The summed E-state index contributed by atoms with van der Waals surface area (Å²) in [6, 6.07) is 8.76. The summed E-state index contributed by atoms with van der Waals surface area (Å²) in [4.78, 5) is 23.8. The van der Waals surface area contributed by atoms with Crippen molar-refractivity contribution in [2.24, 2.45) is 0 Å². The van der Waals surface area contributed by atoms with Gasteiger partial charge in [-0.3, -0.25) is 9.59 Å². The molecule has 2 N–H and O–H groups in total. The van der Waals surface area contributed by atoms with Gasteiger partial charge in [-0.1, -0.05) is 24.9 Å². The van der Waals surface area contributed by atoms with E-state index in [-0.39, 0.29) is 17.2 Å². The van der Waals surface area contributed by atoms with Crippen molar-refractivity contribution in [1.29, 1.82) is 0 Å². The second kappa shape index (κ2) is 9.57. The van der Waals surface area contributed by atoms with E-state index in [1.165, 1.54) is 36.6 Å². The molecule has 0 saturated carbocycles. The summed E-state index contributed by atoms with van der Waals surface area (Å²) >= 11 is 5.82. The fourth-order valence-electron chi connectivity index (χ4n) is 2.35. The predicted octanol–water partition coefficient (Wildman–Crippen LogP) is 2.48. The summed E-state index contributed by atoms with van der Waals surface area (Å²) < 4.78 is 31.2. The van der Waals surface area contributed by atoms with Gasteiger partial charge in [0.2, 0.25) is 0 Å². The Balaban J connectivity index is 2.15. The van der Waals surface area contributed by atoms with Gasteiger partial charge in [0.15, 0.2) is 9.84 Å². The molecule has 0 fully saturated rings. The molecule has 2 amide bonds. The molecule has 0 aliphatic rings. The van der Waals surface area contributed by atoms with Crippen LogP contribution < -0.4 is 10.6 Å². The maximum absolute atomic E-state index is 13.0. The summed E-state index contributed by atoms with van der Waals surface area (Å²) in [7, 11) is -3.88. The number of unbranched alkanes of at least 4 members (excludes halogenated alkanes) is 1. The first-order chi connectivity index (χ1) is 12.9. The SMILES string of the molecule is CCCCNC(=O)C(=O)NC[C@H](c1ccco1)S(=O)(=O)c1ccc(Cl)cc1. The highest BCUT2D eigenvalue weighted by Gasteiger charge is 2.32. The maximum Gasteiger partial charge on any atom is 0.309 e. The summed E-state index contributed by atoms with van der Waals surface area (Å²) in [6.45, 7) is 2.04. The third kappa shape index (κ3) is 5.58. The molecule has 0 spiro atoms. The fourth-order valence-corrected chi connectivity index (χ4v) is 4.06. The Kier molecular flexibility index (Phi) is 7.44. The molecule has 2 aromatic rings. The van der Waals surface area contributed by atoms with Crippen LogP contribution in [0.5, 0.6) is 0 Å². The number of benzene rings is 1. The van der Waals surface area contributed by atoms with Crippen LogP contribution in [0.15, 0.2) is 52.0 Å². The molecule has 1 aromatic heterocycles. The molecule has 146 valence electrons. The van der Waals surface area contributed by atoms with Gasteiger partial charge in [-0.2, -0.15) is 0 Å². The highest BCUT2D eigenvalue weighted by molar-refractivity contribution is 7.91. The molecule has 9 heteroatoms. The van der Waals surface area contributed by atoms with E-state index < -0.39 is 26.9 Å². The van der Waals surface area contributed by atoms with Gasteiger partial charge in [-0.15, -0.1) is 0 Å². The van der Waals surface area contributed by atoms with E-state index in [1.807, 2.05) is 6.92 Å². The van der Waals surface area contributed by atoms with Crippen molar-refractivity contribution in [3.8, 4) is 0 Å². The van der Waals surface area contributed by atoms with Gasteiger partial charge in [0, 0.05) is 18.1 Å². The Hall–Kier alpha value is -2.32. The van der Waals surface area contributed by atoms with Crippen molar-refractivity contribution < 1.29 is 22.4 Å². The van der Waals surface area contributed by atoms with Crippen molar-refractivity contribution >= 4 is 33.3 Å². The fraction of sp³-hybridized carbons (Fsp3) is 0.333. The molecule has 1 aromatic carbocycles. The predicted molar refractivity (Wildman–Crippen MR) is 101 cm³/mol. The zero-order chi connectivity index (χ0) is 19.9. The number of carbonyl (C=O) groups is 2. The van der Waals surface area contributed by atoms with E-state index in [0.717, 1.165) is 12.8 Å². The van der Waals surface area contributed by atoms with Crippen LogP contribution >= 0.6 is 11.6 Å². The van der Waals surface area contributed by atoms with Crippen molar-refractivity contribution in [2.75, 3.05) is 13.1 Å². The Labute approximate surface area is 163 Å². The molecule has 0 aliphatic carbocycles. The number of sulfone groups is 1. The van der Waals surface area contributed by atoms with Gasteiger partial charge in [0.1, 0.15) is 11.0 Å². The van der Waals surface area contributed by atoms with Gasteiger partial charge in [-0.25, -0.2) is 8.42 Å². The minimum atomic E-state index is -3.88. The molecule has 0 bridgehead atoms. The molecular formula is C18H21ClN2O5S. The van der Waals surface area contributed by atoms with Gasteiger partial charge in [0.25, 0.3) is 0 Å². The lowest BCUT2D eigenvalue weighted by molar-refractivity contribution is -0.139. The average molecular weight is 413 g/mol. The summed E-state index contributed by atoms with van der Waals surface area (Å²) in [5.41, 5.74) is 0. The summed E-state index contributed by atoms with van der Waals surface area (Å²) in [5.74, 6) is -1.53. The second-order valence-electron chi connectivity index (χ2n) is 5.82. The lowest BCUT2D eigenvalue weighted by Gasteiger charge is -2.16. The summed E-state index contributed by atoms with van der Waals surface area (Å²) in [6.07, 6.45) is 2.97.